The molecule has 1 aromatic rings. The number of nitrogens with one attached hydrogen (secondary N) is 1. The molecule has 1 aliphatic rings. The fourth-order valence-electron chi connectivity index (χ4n) is 1.95. The second-order valence-corrected chi connectivity index (χ2v) is 4.42. The molecule has 1 aromatic carbocycles. The summed E-state index contributed by atoms with van der Waals surface area (Å²) in [7, 11) is 1.55. The first-order valence-corrected chi connectivity index (χ1v) is 6.82. The number of benzene rings is 1. The first-order valence-electron chi connectivity index (χ1n) is 6.82. The largest absolute Gasteiger partial charge is 0.493 e. The van der Waals surface area contributed by atoms with Crippen LogP contribution in [0.3, 0.4) is 0 Å². The van der Waals surface area contributed by atoms with Gasteiger partial charge in [-0.1, -0.05) is 6.07 Å². The summed E-state index contributed by atoms with van der Waals surface area (Å²) in [5.74, 6) is 1.09. The van der Waals surface area contributed by atoms with Crippen molar-refractivity contribution in [3.8, 4) is 11.5 Å². The highest BCUT2D eigenvalue weighted by molar-refractivity contribution is 5.86. The average Bonchev–Trinajstić information content (AvgIpc) is 3.01. The normalized spacial score (nSPS) is 15.1. The quantitative estimate of drug-likeness (QED) is 0.573. The molecule has 0 saturated carbocycles. The predicted molar refractivity (Wildman–Crippen MR) is 79.1 cm³/mol. The molecular formula is C14H19N3O5. The summed E-state index contributed by atoms with van der Waals surface area (Å²) in [6.45, 7) is 1.61. The molecule has 22 heavy (non-hydrogen) atoms. The number of methoxy groups -OCH3 is 1. The highest BCUT2D eigenvalue weighted by Gasteiger charge is 2.16. The van der Waals surface area contributed by atoms with Crippen molar-refractivity contribution in [1.82, 2.24) is 5.43 Å². The lowest BCUT2D eigenvalue weighted by molar-refractivity contribution is -0.0532. The van der Waals surface area contributed by atoms with Crippen LogP contribution in [-0.4, -0.2) is 45.5 Å². The smallest absolute Gasteiger partial charge is 0.332 e. The number of primary amides is 1. The molecule has 0 atom stereocenters. The zero-order valence-corrected chi connectivity index (χ0v) is 12.3. The van der Waals surface area contributed by atoms with Crippen LogP contribution >= 0.6 is 0 Å². The predicted octanol–water partition coefficient (Wildman–Crippen LogP) is 0.839. The third kappa shape index (κ3) is 4.61. The Hall–Kier alpha value is -2.32. The Morgan fingerprint density at radius 3 is 2.95 bits per heavy atom. The SMILES string of the molecule is COc1cccc(C=NNC(N)=O)c1OCCC1OCCO1. The van der Waals surface area contributed by atoms with Gasteiger partial charge in [-0.15, -0.1) is 0 Å². The second kappa shape index (κ2) is 8.20. The van der Waals surface area contributed by atoms with Crippen LogP contribution in [0.1, 0.15) is 12.0 Å². The molecule has 2 rings (SSSR count). The van der Waals surface area contributed by atoms with E-state index in [1.54, 1.807) is 25.3 Å². The van der Waals surface area contributed by atoms with E-state index in [0.29, 0.717) is 43.3 Å². The van der Waals surface area contributed by atoms with Gasteiger partial charge in [0.2, 0.25) is 0 Å². The topological polar surface area (TPSA) is 104 Å². The minimum Gasteiger partial charge on any atom is -0.493 e. The number of carbonyl (C=O) groups excluding carboxylic acids is 1. The Balaban J connectivity index is 2.02. The van der Waals surface area contributed by atoms with E-state index in [-0.39, 0.29) is 6.29 Å². The summed E-state index contributed by atoms with van der Waals surface area (Å²) < 4.78 is 21.7. The number of rotatable bonds is 7. The molecule has 0 spiro atoms. The van der Waals surface area contributed by atoms with Gasteiger partial charge in [0.05, 0.1) is 33.1 Å². The first kappa shape index (κ1) is 16.1. The van der Waals surface area contributed by atoms with Gasteiger partial charge in [0.25, 0.3) is 0 Å². The molecule has 1 fully saturated rings. The molecule has 3 N–H and O–H groups in total. The van der Waals surface area contributed by atoms with Crippen LogP contribution in [0, 0.1) is 0 Å². The molecule has 1 aliphatic heterocycles. The molecule has 2 amide bonds. The van der Waals surface area contributed by atoms with E-state index in [4.69, 9.17) is 24.7 Å². The lowest BCUT2D eigenvalue weighted by Gasteiger charge is -2.14. The van der Waals surface area contributed by atoms with E-state index < -0.39 is 6.03 Å². The lowest BCUT2D eigenvalue weighted by atomic mass is 10.2. The van der Waals surface area contributed by atoms with Gasteiger partial charge in [-0.25, -0.2) is 10.2 Å². The fourth-order valence-corrected chi connectivity index (χ4v) is 1.95. The number of hydrogen-bond donors (Lipinski definition) is 2. The number of amides is 2. The number of hydrazone groups is 1. The molecule has 8 nitrogen and oxygen atoms in total. The Kier molecular flexibility index (Phi) is 5.99. The maximum Gasteiger partial charge on any atom is 0.332 e. The van der Waals surface area contributed by atoms with Crippen LogP contribution in [0.4, 0.5) is 4.79 Å². The standard InChI is InChI=1S/C14H19N3O5/c1-19-11-4-2-3-10(9-16-17-14(15)18)13(11)22-6-5-12-20-7-8-21-12/h2-4,9,12H,5-8H2,1H3,(H3,15,17,18). The Labute approximate surface area is 128 Å². The van der Waals surface area contributed by atoms with Crippen molar-refractivity contribution in [3.63, 3.8) is 0 Å². The summed E-state index contributed by atoms with van der Waals surface area (Å²) in [6.07, 6.45) is 1.81. The third-order valence-electron chi connectivity index (χ3n) is 2.90. The van der Waals surface area contributed by atoms with Gasteiger partial charge in [-0.05, 0) is 12.1 Å². The number of hydrogen-bond acceptors (Lipinski definition) is 6. The van der Waals surface area contributed by atoms with E-state index in [1.807, 2.05) is 0 Å². The zero-order chi connectivity index (χ0) is 15.8. The fraction of sp³-hybridized carbons (Fsp3) is 0.429. The molecule has 1 heterocycles. The molecule has 0 unspecified atom stereocenters. The van der Waals surface area contributed by atoms with E-state index in [1.165, 1.54) is 6.21 Å². The molecule has 0 aromatic heterocycles. The van der Waals surface area contributed by atoms with Crippen molar-refractivity contribution < 1.29 is 23.7 Å². The van der Waals surface area contributed by atoms with Gasteiger partial charge in [0.1, 0.15) is 0 Å². The molecule has 8 heteroatoms. The molecule has 1 saturated heterocycles. The van der Waals surface area contributed by atoms with Crippen molar-refractivity contribution in [2.45, 2.75) is 12.7 Å². The minimum absolute atomic E-state index is 0.233. The molecular weight excluding hydrogens is 290 g/mol. The van der Waals surface area contributed by atoms with Crippen LogP contribution in [0.25, 0.3) is 0 Å². The van der Waals surface area contributed by atoms with E-state index in [9.17, 15) is 4.79 Å². The zero-order valence-electron chi connectivity index (χ0n) is 12.3. The number of nitrogens with two attached hydrogens (primary N) is 1. The first-order chi connectivity index (χ1) is 10.7. The Morgan fingerprint density at radius 1 is 1.50 bits per heavy atom. The van der Waals surface area contributed by atoms with Gasteiger partial charge >= 0.3 is 6.03 Å². The van der Waals surface area contributed by atoms with Gasteiger partial charge in [0.15, 0.2) is 17.8 Å². The van der Waals surface area contributed by atoms with Gasteiger partial charge < -0.3 is 24.7 Å². The van der Waals surface area contributed by atoms with Crippen LogP contribution in [0.15, 0.2) is 23.3 Å². The van der Waals surface area contributed by atoms with Crippen molar-refractivity contribution >= 4 is 12.2 Å². The van der Waals surface area contributed by atoms with Crippen LogP contribution in [-0.2, 0) is 9.47 Å². The van der Waals surface area contributed by atoms with Gasteiger partial charge in [0, 0.05) is 12.0 Å². The van der Waals surface area contributed by atoms with Gasteiger partial charge in [-0.2, -0.15) is 5.10 Å². The maximum absolute atomic E-state index is 10.6. The summed E-state index contributed by atoms with van der Waals surface area (Å²) in [5, 5.41) is 3.73. The van der Waals surface area contributed by atoms with Crippen LogP contribution < -0.4 is 20.6 Å². The van der Waals surface area contributed by atoms with Crippen molar-refractivity contribution in [2.75, 3.05) is 26.9 Å². The highest BCUT2D eigenvalue weighted by Crippen LogP contribution is 2.30. The van der Waals surface area contributed by atoms with Crippen molar-refractivity contribution in [1.29, 1.82) is 0 Å². The molecule has 0 aliphatic carbocycles. The number of carbonyl (C=O) groups is 1. The second-order valence-electron chi connectivity index (χ2n) is 4.42. The molecule has 0 radical (unpaired) electrons. The maximum atomic E-state index is 10.6. The summed E-state index contributed by atoms with van der Waals surface area (Å²) >= 11 is 0. The third-order valence-corrected chi connectivity index (χ3v) is 2.90. The number of nitrogens with zero attached hydrogens (tertiary/aromatic N) is 1. The molecule has 120 valence electrons. The average molecular weight is 309 g/mol. The van der Waals surface area contributed by atoms with Crippen LogP contribution in [0.5, 0.6) is 11.5 Å². The highest BCUT2D eigenvalue weighted by atomic mass is 16.7. The van der Waals surface area contributed by atoms with Gasteiger partial charge in [-0.3, -0.25) is 0 Å². The Bertz CT molecular complexity index is 529. The van der Waals surface area contributed by atoms with Crippen LogP contribution in [0.2, 0.25) is 0 Å². The molecule has 0 bridgehead atoms. The van der Waals surface area contributed by atoms with Crippen molar-refractivity contribution in [3.05, 3.63) is 23.8 Å². The number of ether oxygens (including phenoxy) is 4. The number of urea groups is 1. The number of para-hydroxylation sites is 1. The van der Waals surface area contributed by atoms with Crippen molar-refractivity contribution in [2.24, 2.45) is 10.8 Å². The Morgan fingerprint density at radius 2 is 2.27 bits per heavy atom. The lowest BCUT2D eigenvalue weighted by Crippen LogP contribution is -2.24. The minimum atomic E-state index is -0.739. The van der Waals surface area contributed by atoms with E-state index >= 15 is 0 Å². The summed E-state index contributed by atoms with van der Waals surface area (Å²) in [4.78, 5) is 10.6. The van der Waals surface area contributed by atoms with E-state index in [2.05, 4.69) is 10.5 Å². The summed E-state index contributed by atoms with van der Waals surface area (Å²) in [5.41, 5.74) is 7.74. The monoisotopic (exact) mass is 309 g/mol. The van der Waals surface area contributed by atoms with E-state index in [0.717, 1.165) is 0 Å². The summed E-state index contributed by atoms with van der Waals surface area (Å²) in [6, 6.07) is 4.61.